The van der Waals surface area contributed by atoms with Gasteiger partial charge in [-0.1, -0.05) is 12.1 Å². The Morgan fingerprint density at radius 2 is 1.86 bits per heavy atom. The van der Waals surface area contributed by atoms with Crippen molar-refractivity contribution in [1.29, 1.82) is 0 Å². The molecule has 1 saturated heterocycles. The van der Waals surface area contributed by atoms with Crippen LogP contribution in [0.4, 0.5) is 0 Å². The summed E-state index contributed by atoms with van der Waals surface area (Å²) in [6.07, 6.45) is 0.200. The van der Waals surface area contributed by atoms with Gasteiger partial charge in [-0.3, -0.25) is 4.90 Å². The number of benzene rings is 1. The maximum atomic E-state index is 9.12. The summed E-state index contributed by atoms with van der Waals surface area (Å²) < 4.78 is 16.4. The summed E-state index contributed by atoms with van der Waals surface area (Å²) in [4.78, 5) is 2.23. The highest BCUT2D eigenvalue weighted by molar-refractivity contribution is 6.58. The van der Waals surface area contributed by atoms with Gasteiger partial charge in [0.15, 0.2) is 0 Å². The Morgan fingerprint density at radius 1 is 1.19 bits per heavy atom. The van der Waals surface area contributed by atoms with Crippen molar-refractivity contribution in [3.63, 3.8) is 0 Å². The first kappa shape index (κ1) is 16.3. The van der Waals surface area contributed by atoms with Crippen LogP contribution in [0.5, 0.6) is 5.75 Å². The Morgan fingerprint density at radius 3 is 2.43 bits per heavy atom. The Hall–Kier alpha value is -1.12. The molecule has 1 aromatic carbocycles. The number of hydrogen-bond donors (Lipinski definition) is 2. The molecule has 1 aliphatic rings. The van der Waals surface area contributed by atoms with Crippen LogP contribution in [-0.4, -0.2) is 74.7 Å². The largest absolute Gasteiger partial charge is 0.492 e. The van der Waals surface area contributed by atoms with Crippen molar-refractivity contribution in [2.45, 2.75) is 12.2 Å². The van der Waals surface area contributed by atoms with E-state index in [1.807, 2.05) is 0 Å². The van der Waals surface area contributed by atoms with Crippen molar-refractivity contribution in [2.24, 2.45) is 0 Å². The first-order chi connectivity index (χ1) is 10.1. The normalized spacial score (nSPS) is 22.5. The second-order valence-corrected chi connectivity index (χ2v) is 5.10. The van der Waals surface area contributed by atoms with E-state index in [-0.39, 0.29) is 12.2 Å². The molecule has 1 aromatic rings. The molecule has 6 nitrogen and oxygen atoms in total. The molecule has 7 heteroatoms. The van der Waals surface area contributed by atoms with Gasteiger partial charge in [0, 0.05) is 33.9 Å². The van der Waals surface area contributed by atoms with Gasteiger partial charge in [-0.2, -0.15) is 0 Å². The van der Waals surface area contributed by atoms with Crippen molar-refractivity contribution in [3.8, 4) is 5.75 Å². The fourth-order valence-electron chi connectivity index (χ4n) is 2.51. The van der Waals surface area contributed by atoms with Crippen molar-refractivity contribution in [2.75, 3.05) is 40.5 Å². The van der Waals surface area contributed by atoms with E-state index in [9.17, 15) is 0 Å². The Labute approximate surface area is 125 Å². The zero-order valence-corrected chi connectivity index (χ0v) is 12.4. The van der Waals surface area contributed by atoms with E-state index in [0.29, 0.717) is 17.8 Å². The molecule has 0 aliphatic carbocycles. The van der Waals surface area contributed by atoms with Gasteiger partial charge in [-0.25, -0.2) is 0 Å². The van der Waals surface area contributed by atoms with E-state index in [1.165, 1.54) is 0 Å². The molecular weight excluding hydrogens is 273 g/mol. The first-order valence-electron chi connectivity index (χ1n) is 7.01. The van der Waals surface area contributed by atoms with E-state index in [0.717, 1.165) is 19.6 Å². The van der Waals surface area contributed by atoms with Crippen LogP contribution in [-0.2, 0) is 9.47 Å². The highest BCUT2D eigenvalue weighted by Crippen LogP contribution is 2.15. The quantitative estimate of drug-likeness (QED) is 0.635. The standard InChI is InChI=1S/C14H22BNO5/c1-19-13-9-16(10-14(13)20-2)6-7-21-12-5-3-4-11(8-12)15(17)18/h3-5,8,13-14,17-18H,6-7,9-10H2,1-2H3. The van der Waals surface area contributed by atoms with Crippen molar-refractivity contribution in [1.82, 2.24) is 4.90 Å². The summed E-state index contributed by atoms with van der Waals surface area (Å²) in [6.45, 7) is 2.95. The van der Waals surface area contributed by atoms with Crippen LogP contribution in [0.15, 0.2) is 24.3 Å². The van der Waals surface area contributed by atoms with Crippen LogP contribution in [0.2, 0.25) is 0 Å². The monoisotopic (exact) mass is 295 g/mol. The molecule has 0 radical (unpaired) electrons. The van der Waals surface area contributed by atoms with Crippen LogP contribution in [0, 0.1) is 0 Å². The van der Waals surface area contributed by atoms with Crippen molar-refractivity contribution < 1.29 is 24.3 Å². The maximum Gasteiger partial charge on any atom is 0.488 e. The Bertz CT molecular complexity index is 433. The van der Waals surface area contributed by atoms with Gasteiger partial charge in [-0.05, 0) is 17.6 Å². The minimum Gasteiger partial charge on any atom is -0.492 e. The average molecular weight is 295 g/mol. The number of nitrogens with zero attached hydrogens (tertiary/aromatic N) is 1. The number of hydrogen-bond acceptors (Lipinski definition) is 6. The summed E-state index contributed by atoms with van der Waals surface area (Å²) in [5.74, 6) is 0.631. The third-order valence-corrected chi connectivity index (χ3v) is 3.73. The highest BCUT2D eigenvalue weighted by atomic mass is 16.5. The zero-order chi connectivity index (χ0) is 15.2. The second kappa shape index (κ2) is 7.77. The predicted molar refractivity (Wildman–Crippen MR) is 79.8 cm³/mol. The molecule has 2 atom stereocenters. The predicted octanol–water partition coefficient (Wildman–Crippen LogP) is -0.909. The van der Waals surface area contributed by atoms with Gasteiger partial charge in [0.1, 0.15) is 12.4 Å². The lowest BCUT2D eigenvalue weighted by molar-refractivity contribution is -0.00461. The number of rotatable bonds is 7. The Balaban J connectivity index is 1.78. The number of ether oxygens (including phenoxy) is 3. The first-order valence-corrected chi connectivity index (χ1v) is 7.01. The van der Waals surface area contributed by atoms with Crippen LogP contribution in [0.25, 0.3) is 0 Å². The summed E-state index contributed by atoms with van der Waals surface area (Å²) in [5.41, 5.74) is 0.424. The third-order valence-electron chi connectivity index (χ3n) is 3.73. The smallest absolute Gasteiger partial charge is 0.488 e. The summed E-state index contributed by atoms with van der Waals surface area (Å²) in [7, 11) is 1.92. The van der Waals surface area contributed by atoms with Gasteiger partial charge < -0.3 is 24.3 Å². The zero-order valence-electron chi connectivity index (χ0n) is 12.4. The average Bonchev–Trinajstić information content (AvgIpc) is 2.90. The van der Waals surface area contributed by atoms with Crippen molar-refractivity contribution in [3.05, 3.63) is 24.3 Å². The molecule has 2 unspecified atom stereocenters. The third kappa shape index (κ3) is 4.42. The van der Waals surface area contributed by atoms with Crippen molar-refractivity contribution >= 4 is 12.6 Å². The highest BCUT2D eigenvalue weighted by Gasteiger charge is 2.32. The van der Waals surface area contributed by atoms with Gasteiger partial charge in [-0.15, -0.1) is 0 Å². The van der Waals surface area contributed by atoms with Crippen LogP contribution in [0.1, 0.15) is 0 Å². The molecular formula is C14H22BNO5. The lowest BCUT2D eigenvalue weighted by atomic mass is 9.80. The Kier molecular flexibility index (Phi) is 6.01. The summed E-state index contributed by atoms with van der Waals surface area (Å²) in [6, 6.07) is 6.81. The van der Waals surface area contributed by atoms with Gasteiger partial charge >= 0.3 is 7.12 Å². The van der Waals surface area contributed by atoms with Crippen LogP contribution >= 0.6 is 0 Å². The number of methoxy groups -OCH3 is 2. The summed E-state index contributed by atoms with van der Waals surface area (Å²) in [5, 5.41) is 18.2. The molecule has 0 amide bonds. The minimum absolute atomic E-state index is 0.0999. The van der Waals surface area contributed by atoms with E-state index >= 15 is 0 Å². The molecule has 116 valence electrons. The molecule has 0 bridgehead atoms. The minimum atomic E-state index is -1.47. The van der Waals surface area contributed by atoms with E-state index in [2.05, 4.69) is 4.90 Å². The van der Waals surface area contributed by atoms with E-state index in [4.69, 9.17) is 24.3 Å². The molecule has 1 aliphatic heterocycles. The fraction of sp³-hybridized carbons (Fsp3) is 0.571. The molecule has 21 heavy (non-hydrogen) atoms. The van der Waals surface area contributed by atoms with E-state index in [1.54, 1.807) is 38.5 Å². The van der Waals surface area contributed by atoms with Crippen LogP contribution < -0.4 is 10.2 Å². The van der Waals surface area contributed by atoms with Gasteiger partial charge in [0.05, 0.1) is 12.2 Å². The van der Waals surface area contributed by atoms with E-state index < -0.39 is 7.12 Å². The molecule has 0 spiro atoms. The lowest BCUT2D eigenvalue weighted by Crippen LogP contribution is -2.30. The molecule has 0 aromatic heterocycles. The molecule has 1 heterocycles. The SMILES string of the molecule is COC1CN(CCOc2cccc(B(O)O)c2)CC1OC. The molecule has 2 N–H and O–H groups in total. The molecule has 0 saturated carbocycles. The number of likely N-dealkylation sites (tertiary alicyclic amines) is 1. The van der Waals surface area contributed by atoms with Gasteiger partial charge in [0.25, 0.3) is 0 Å². The topological polar surface area (TPSA) is 71.4 Å². The van der Waals surface area contributed by atoms with Gasteiger partial charge in [0.2, 0.25) is 0 Å². The molecule has 2 rings (SSSR count). The molecule has 1 fully saturated rings. The summed E-state index contributed by atoms with van der Waals surface area (Å²) >= 11 is 0. The fourth-order valence-corrected chi connectivity index (χ4v) is 2.51. The maximum absolute atomic E-state index is 9.12. The second-order valence-electron chi connectivity index (χ2n) is 5.10. The lowest BCUT2D eigenvalue weighted by Gasteiger charge is -2.15. The van der Waals surface area contributed by atoms with Crippen LogP contribution in [0.3, 0.4) is 0 Å².